The Labute approximate surface area is 71.2 Å². The SMILES string of the molecule is CCCCCc1[nH]nc(N)c1F. The van der Waals surface area contributed by atoms with Crippen LogP contribution in [-0.4, -0.2) is 10.2 Å². The Kier molecular flexibility index (Phi) is 3.08. The molecular formula is C8H14FN3. The molecule has 0 unspecified atom stereocenters. The van der Waals surface area contributed by atoms with Gasteiger partial charge in [-0.05, 0) is 12.8 Å². The summed E-state index contributed by atoms with van der Waals surface area (Å²) in [4.78, 5) is 0. The van der Waals surface area contributed by atoms with Gasteiger partial charge in [0.05, 0.1) is 5.69 Å². The highest BCUT2D eigenvalue weighted by Crippen LogP contribution is 2.12. The molecule has 0 aliphatic carbocycles. The van der Waals surface area contributed by atoms with Crippen LogP contribution in [0.15, 0.2) is 0 Å². The molecule has 0 atom stereocenters. The van der Waals surface area contributed by atoms with Crippen molar-refractivity contribution < 1.29 is 4.39 Å². The van der Waals surface area contributed by atoms with Crippen LogP contribution in [0.25, 0.3) is 0 Å². The molecule has 0 fully saturated rings. The Bertz CT molecular complexity index is 244. The van der Waals surface area contributed by atoms with Crippen LogP contribution >= 0.6 is 0 Å². The molecule has 0 bridgehead atoms. The summed E-state index contributed by atoms with van der Waals surface area (Å²) in [5, 5.41) is 6.16. The van der Waals surface area contributed by atoms with E-state index in [1.165, 1.54) is 0 Å². The summed E-state index contributed by atoms with van der Waals surface area (Å²) in [6, 6.07) is 0. The van der Waals surface area contributed by atoms with Crippen molar-refractivity contribution >= 4 is 5.82 Å². The number of anilines is 1. The van der Waals surface area contributed by atoms with Crippen LogP contribution in [-0.2, 0) is 6.42 Å². The Balaban J connectivity index is 2.46. The molecule has 0 saturated carbocycles. The average molecular weight is 171 g/mol. The second-order valence-electron chi connectivity index (χ2n) is 2.86. The number of nitrogens with two attached hydrogens (primary N) is 1. The summed E-state index contributed by atoms with van der Waals surface area (Å²) < 4.78 is 13.0. The van der Waals surface area contributed by atoms with Gasteiger partial charge in [0.1, 0.15) is 0 Å². The average Bonchev–Trinajstić information content (AvgIpc) is 2.36. The first-order valence-electron chi connectivity index (χ1n) is 4.24. The fourth-order valence-electron chi connectivity index (χ4n) is 1.10. The van der Waals surface area contributed by atoms with Crippen molar-refractivity contribution in [3.05, 3.63) is 11.5 Å². The molecule has 1 heterocycles. The number of halogens is 1. The van der Waals surface area contributed by atoms with E-state index in [9.17, 15) is 4.39 Å². The standard InChI is InChI=1S/C8H14FN3/c1-2-3-4-5-6-7(9)8(10)12-11-6/h2-5H2,1H3,(H3,10,11,12). The number of H-pyrrole nitrogens is 1. The number of aromatic nitrogens is 2. The van der Waals surface area contributed by atoms with Gasteiger partial charge in [-0.15, -0.1) is 0 Å². The summed E-state index contributed by atoms with van der Waals surface area (Å²) in [6.45, 7) is 2.11. The van der Waals surface area contributed by atoms with Crippen molar-refractivity contribution in [1.82, 2.24) is 10.2 Å². The molecule has 3 nitrogen and oxygen atoms in total. The van der Waals surface area contributed by atoms with Gasteiger partial charge in [0.2, 0.25) is 0 Å². The number of nitrogens with zero attached hydrogens (tertiary/aromatic N) is 1. The molecule has 0 aliphatic rings. The van der Waals surface area contributed by atoms with Gasteiger partial charge in [-0.1, -0.05) is 19.8 Å². The number of hydrogen-bond donors (Lipinski definition) is 2. The Morgan fingerprint density at radius 1 is 1.50 bits per heavy atom. The van der Waals surface area contributed by atoms with Crippen molar-refractivity contribution in [3.8, 4) is 0 Å². The van der Waals surface area contributed by atoms with E-state index >= 15 is 0 Å². The van der Waals surface area contributed by atoms with Gasteiger partial charge in [-0.2, -0.15) is 5.10 Å². The maximum atomic E-state index is 13.0. The van der Waals surface area contributed by atoms with Crippen LogP contribution in [0, 0.1) is 5.82 Å². The predicted octanol–water partition coefficient (Wildman–Crippen LogP) is 1.86. The first kappa shape index (κ1) is 9.03. The van der Waals surface area contributed by atoms with Crippen molar-refractivity contribution in [2.75, 3.05) is 5.73 Å². The van der Waals surface area contributed by atoms with E-state index in [4.69, 9.17) is 5.73 Å². The van der Waals surface area contributed by atoms with Crippen molar-refractivity contribution in [3.63, 3.8) is 0 Å². The smallest absolute Gasteiger partial charge is 0.187 e. The van der Waals surface area contributed by atoms with E-state index in [1.54, 1.807) is 0 Å². The number of aryl methyl sites for hydroxylation is 1. The van der Waals surface area contributed by atoms with Crippen LogP contribution in [0.2, 0.25) is 0 Å². The van der Waals surface area contributed by atoms with Crippen molar-refractivity contribution in [2.24, 2.45) is 0 Å². The van der Waals surface area contributed by atoms with E-state index in [2.05, 4.69) is 17.1 Å². The van der Waals surface area contributed by atoms with E-state index in [1.807, 2.05) is 0 Å². The Morgan fingerprint density at radius 3 is 2.75 bits per heavy atom. The molecule has 4 heteroatoms. The van der Waals surface area contributed by atoms with Gasteiger partial charge in [-0.3, -0.25) is 5.10 Å². The fourth-order valence-corrected chi connectivity index (χ4v) is 1.10. The maximum Gasteiger partial charge on any atom is 0.187 e. The largest absolute Gasteiger partial charge is 0.380 e. The zero-order chi connectivity index (χ0) is 8.97. The number of aromatic amines is 1. The summed E-state index contributed by atoms with van der Waals surface area (Å²) in [6.07, 6.45) is 3.92. The number of hydrogen-bond acceptors (Lipinski definition) is 2. The molecule has 68 valence electrons. The molecule has 1 aromatic rings. The van der Waals surface area contributed by atoms with E-state index < -0.39 is 0 Å². The quantitative estimate of drug-likeness (QED) is 0.679. The Hall–Kier alpha value is -1.06. The number of nitrogens with one attached hydrogen (secondary N) is 1. The second kappa shape index (κ2) is 4.09. The third-order valence-corrected chi connectivity index (χ3v) is 1.83. The highest BCUT2D eigenvalue weighted by molar-refractivity contribution is 5.31. The number of nitrogen functional groups attached to an aromatic ring is 1. The highest BCUT2D eigenvalue weighted by atomic mass is 19.1. The van der Waals surface area contributed by atoms with Crippen molar-refractivity contribution in [2.45, 2.75) is 32.6 Å². The molecule has 0 radical (unpaired) electrons. The van der Waals surface area contributed by atoms with Crippen molar-refractivity contribution in [1.29, 1.82) is 0 Å². The third kappa shape index (κ3) is 1.96. The van der Waals surface area contributed by atoms with E-state index in [0.717, 1.165) is 19.3 Å². The third-order valence-electron chi connectivity index (χ3n) is 1.83. The lowest BCUT2D eigenvalue weighted by atomic mass is 10.1. The lowest BCUT2D eigenvalue weighted by Crippen LogP contribution is -1.91. The fraction of sp³-hybridized carbons (Fsp3) is 0.625. The molecule has 12 heavy (non-hydrogen) atoms. The molecule has 1 aromatic heterocycles. The van der Waals surface area contributed by atoms with Crippen LogP contribution in [0.3, 0.4) is 0 Å². The number of unbranched alkanes of at least 4 members (excludes halogenated alkanes) is 2. The summed E-state index contributed by atoms with van der Waals surface area (Å²) in [5.41, 5.74) is 5.76. The topological polar surface area (TPSA) is 54.7 Å². The summed E-state index contributed by atoms with van der Waals surface area (Å²) >= 11 is 0. The van der Waals surface area contributed by atoms with Gasteiger partial charge >= 0.3 is 0 Å². The van der Waals surface area contributed by atoms with Gasteiger partial charge in [0.25, 0.3) is 0 Å². The zero-order valence-electron chi connectivity index (χ0n) is 7.23. The van der Waals surface area contributed by atoms with Crippen LogP contribution < -0.4 is 5.73 Å². The molecule has 0 amide bonds. The zero-order valence-corrected chi connectivity index (χ0v) is 7.23. The molecule has 0 aliphatic heterocycles. The molecule has 3 N–H and O–H groups in total. The monoisotopic (exact) mass is 171 g/mol. The lowest BCUT2D eigenvalue weighted by Gasteiger charge is -1.95. The first-order chi connectivity index (χ1) is 5.75. The van der Waals surface area contributed by atoms with Crippen LogP contribution in [0.5, 0.6) is 0 Å². The molecule has 1 rings (SSSR count). The van der Waals surface area contributed by atoms with E-state index in [-0.39, 0.29) is 11.6 Å². The minimum Gasteiger partial charge on any atom is -0.380 e. The lowest BCUT2D eigenvalue weighted by molar-refractivity contribution is 0.601. The van der Waals surface area contributed by atoms with E-state index in [0.29, 0.717) is 12.1 Å². The highest BCUT2D eigenvalue weighted by Gasteiger charge is 2.08. The molecule has 0 saturated heterocycles. The normalized spacial score (nSPS) is 10.5. The minimum atomic E-state index is -0.383. The maximum absolute atomic E-state index is 13.0. The number of rotatable bonds is 4. The molecule has 0 aromatic carbocycles. The van der Waals surface area contributed by atoms with Gasteiger partial charge in [0.15, 0.2) is 11.6 Å². The molecule has 0 spiro atoms. The van der Waals surface area contributed by atoms with Crippen LogP contribution in [0.1, 0.15) is 31.9 Å². The Morgan fingerprint density at radius 2 is 2.25 bits per heavy atom. The van der Waals surface area contributed by atoms with Gasteiger partial charge < -0.3 is 5.73 Å². The minimum absolute atomic E-state index is 0.0264. The predicted molar refractivity (Wildman–Crippen MR) is 46.2 cm³/mol. The van der Waals surface area contributed by atoms with Crippen LogP contribution in [0.4, 0.5) is 10.2 Å². The van der Waals surface area contributed by atoms with Gasteiger partial charge in [-0.25, -0.2) is 4.39 Å². The summed E-state index contributed by atoms with van der Waals surface area (Å²) in [5.74, 6) is -0.410. The molecular weight excluding hydrogens is 157 g/mol. The summed E-state index contributed by atoms with van der Waals surface area (Å²) in [7, 11) is 0. The van der Waals surface area contributed by atoms with Gasteiger partial charge in [0, 0.05) is 0 Å². The first-order valence-corrected chi connectivity index (χ1v) is 4.24. The second-order valence-corrected chi connectivity index (χ2v) is 2.86.